The van der Waals surface area contributed by atoms with Crippen LogP contribution in [0.4, 0.5) is 28.4 Å². The minimum atomic E-state index is 0.0175. The van der Waals surface area contributed by atoms with Crippen molar-refractivity contribution in [2.45, 2.75) is 12.0 Å². The highest BCUT2D eigenvalue weighted by molar-refractivity contribution is 5.88. The molecule has 3 heterocycles. The van der Waals surface area contributed by atoms with Crippen molar-refractivity contribution in [2.75, 3.05) is 9.80 Å². The first kappa shape index (κ1) is 30.1. The van der Waals surface area contributed by atoms with Crippen LogP contribution in [0.2, 0.25) is 0 Å². The van der Waals surface area contributed by atoms with Gasteiger partial charge in [-0.15, -0.1) is 0 Å². The number of hydrogen-bond acceptors (Lipinski definition) is 4. The van der Waals surface area contributed by atoms with Gasteiger partial charge in [0.05, 0.1) is 28.8 Å². The molecule has 2 atom stereocenters. The third kappa shape index (κ3) is 4.99. The molecule has 2 aliphatic rings. The van der Waals surface area contributed by atoms with Crippen molar-refractivity contribution in [3.05, 3.63) is 211 Å². The van der Waals surface area contributed by atoms with Gasteiger partial charge in [-0.05, 0) is 65.2 Å². The van der Waals surface area contributed by atoms with Crippen LogP contribution < -0.4 is 9.80 Å². The van der Waals surface area contributed by atoms with E-state index in [0.29, 0.717) is 5.82 Å². The quantitative estimate of drug-likeness (QED) is 0.183. The van der Waals surface area contributed by atoms with Crippen LogP contribution in [-0.4, -0.2) is 9.97 Å². The maximum Gasteiger partial charge on any atom is 0.160 e. The number of rotatable bonds is 5. The summed E-state index contributed by atoms with van der Waals surface area (Å²) in [6, 6.07) is 69.2. The monoisotopic (exact) mass is 666 g/mol. The van der Waals surface area contributed by atoms with Crippen LogP contribution in [0.1, 0.15) is 28.7 Å². The van der Waals surface area contributed by atoms with Gasteiger partial charge in [0.2, 0.25) is 0 Å². The Kier molecular flexibility index (Phi) is 7.24. The third-order valence-corrected chi connectivity index (χ3v) is 10.4. The summed E-state index contributed by atoms with van der Waals surface area (Å²) in [5.74, 6) is 0.798. The molecule has 10 rings (SSSR count). The van der Waals surface area contributed by atoms with E-state index in [1.165, 1.54) is 33.8 Å². The Morgan fingerprint density at radius 2 is 0.865 bits per heavy atom. The number of hydrogen-bond donors (Lipinski definition) is 0. The highest BCUT2D eigenvalue weighted by atomic mass is 15.2. The molecule has 0 aliphatic carbocycles. The van der Waals surface area contributed by atoms with E-state index in [4.69, 9.17) is 9.97 Å². The van der Waals surface area contributed by atoms with Gasteiger partial charge in [-0.1, -0.05) is 146 Å². The molecule has 8 aromatic rings. The molecular formula is C48H34N4. The largest absolute Gasteiger partial charge is 0.333 e. The molecule has 0 bridgehead atoms. The first-order chi connectivity index (χ1) is 25.8. The van der Waals surface area contributed by atoms with Crippen molar-refractivity contribution in [2.24, 2.45) is 0 Å². The molecule has 1 aromatic heterocycles. The zero-order valence-corrected chi connectivity index (χ0v) is 28.4. The number of benzene rings is 7. The standard InChI is InChI=1S/C48H34N4/c1-5-17-33(18-6-1)41-32-42(50-48(49-41)34-19-7-2-8-20-34)35-29-30-39-45(31-35)52(37-23-11-4-12-24-37)47-40-26-14-16-28-44(40)51(36-21-9-3-10-22-36)43-27-15-13-25-38(43)46(39)47/h1-32,46-47H. The summed E-state index contributed by atoms with van der Waals surface area (Å²) in [6.07, 6.45) is 0. The molecule has 2 aliphatic heterocycles. The fourth-order valence-electron chi connectivity index (χ4n) is 8.14. The molecule has 7 aromatic carbocycles. The predicted molar refractivity (Wildman–Crippen MR) is 213 cm³/mol. The number of fused-ring (bicyclic) bond motifs is 7. The first-order valence-electron chi connectivity index (χ1n) is 17.8. The zero-order valence-electron chi connectivity index (χ0n) is 28.4. The lowest BCUT2D eigenvalue weighted by atomic mass is 9.84. The van der Waals surface area contributed by atoms with Crippen molar-refractivity contribution in [3.8, 4) is 33.9 Å². The summed E-state index contributed by atoms with van der Waals surface area (Å²) < 4.78 is 0. The van der Waals surface area contributed by atoms with Gasteiger partial charge in [0, 0.05) is 39.7 Å². The van der Waals surface area contributed by atoms with Crippen LogP contribution in [0.15, 0.2) is 194 Å². The number of anilines is 5. The van der Waals surface area contributed by atoms with E-state index in [1.807, 2.05) is 24.3 Å². The second kappa shape index (κ2) is 12.5. The molecule has 4 heteroatoms. The summed E-state index contributed by atoms with van der Waals surface area (Å²) in [5, 5.41) is 0. The van der Waals surface area contributed by atoms with Crippen LogP contribution in [0.5, 0.6) is 0 Å². The van der Waals surface area contributed by atoms with Gasteiger partial charge in [-0.25, -0.2) is 9.97 Å². The van der Waals surface area contributed by atoms with Crippen LogP contribution in [0.3, 0.4) is 0 Å². The summed E-state index contributed by atoms with van der Waals surface area (Å²) >= 11 is 0. The van der Waals surface area contributed by atoms with Crippen LogP contribution in [0, 0.1) is 0 Å². The Balaban J connectivity index is 1.21. The van der Waals surface area contributed by atoms with E-state index >= 15 is 0 Å². The second-order valence-electron chi connectivity index (χ2n) is 13.4. The summed E-state index contributed by atoms with van der Waals surface area (Å²) in [7, 11) is 0. The number of nitrogens with zero attached hydrogens (tertiary/aromatic N) is 4. The second-order valence-corrected chi connectivity index (χ2v) is 13.4. The molecule has 246 valence electrons. The van der Waals surface area contributed by atoms with Gasteiger partial charge < -0.3 is 9.80 Å². The lowest BCUT2D eigenvalue weighted by molar-refractivity contribution is 0.665. The Morgan fingerprint density at radius 3 is 1.54 bits per heavy atom. The van der Waals surface area contributed by atoms with Crippen molar-refractivity contribution in [1.29, 1.82) is 0 Å². The fraction of sp³-hybridized carbons (Fsp3) is 0.0417. The molecule has 0 saturated heterocycles. The van der Waals surface area contributed by atoms with E-state index in [0.717, 1.165) is 39.5 Å². The topological polar surface area (TPSA) is 32.3 Å². The minimum absolute atomic E-state index is 0.0175. The SMILES string of the molecule is c1ccc(-c2cc(-c3ccc4c(c3)N(c3ccccc3)C3c5ccccc5N(c5ccccc5)c5ccccc5C43)nc(-c3ccccc3)n2)cc1. The van der Waals surface area contributed by atoms with Crippen molar-refractivity contribution < 1.29 is 0 Å². The Bertz CT molecular complexity index is 2480. The van der Waals surface area contributed by atoms with E-state index in [9.17, 15) is 0 Å². The van der Waals surface area contributed by atoms with E-state index in [-0.39, 0.29) is 12.0 Å². The van der Waals surface area contributed by atoms with Crippen molar-refractivity contribution in [1.82, 2.24) is 9.97 Å². The van der Waals surface area contributed by atoms with Gasteiger partial charge in [-0.2, -0.15) is 0 Å². The first-order valence-corrected chi connectivity index (χ1v) is 17.8. The Morgan fingerprint density at radius 1 is 0.365 bits per heavy atom. The average Bonchev–Trinajstić information content (AvgIpc) is 3.50. The molecule has 4 nitrogen and oxygen atoms in total. The van der Waals surface area contributed by atoms with Gasteiger partial charge in [0.25, 0.3) is 0 Å². The molecule has 0 saturated carbocycles. The Hall–Kier alpha value is -6.78. The number of para-hydroxylation sites is 4. The van der Waals surface area contributed by atoms with Gasteiger partial charge in [0.1, 0.15) is 0 Å². The molecule has 0 radical (unpaired) electrons. The molecule has 2 unspecified atom stereocenters. The van der Waals surface area contributed by atoms with Crippen LogP contribution >= 0.6 is 0 Å². The molecule has 0 fully saturated rings. The van der Waals surface area contributed by atoms with E-state index < -0.39 is 0 Å². The lowest BCUT2D eigenvalue weighted by Crippen LogP contribution is -2.22. The maximum absolute atomic E-state index is 5.21. The fourth-order valence-corrected chi connectivity index (χ4v) is 8.14. The maximum atomic E-state index is 5.21. The summed E-state index contributed by atoms with van der Waals surface area (Å²) in [5.41, 5.74) is 14.7. The van der Waals surface area contributed by atoms with Gasteiger partial charge in [-0.3, -0.25) is 0 Å². The van der Waals surface area contributed by atoms with Crippen molar-refractivity contribution in [3.63, 3.8) is 0 Å². The zero-order chi connectivity index (χ0) is 34.4. The molecule has 52 heavy (non-hydrogen) atoms. The highest BCUT2D eigenvalue weighted by Crippen LogP contribution is 2.61. The third-order valence-electron chi connectivity index (χ3n) is 10.4. The van der Waals surface area contributed by atoms with Gasteiger partial charge >= 0.3 is 0 Å². The van der Waals surface area contributed by atoms with E-state index in [1.54, 1.807) is 0 Å². The molecule has 0 N–H and O–H groups in total. The lowest BCUT2D eigenvalue weighted by Gasteiger charge is -2.32. The minimum Gasteiger partial charge on any atom is -0.333 e. The molecule has 0 spiro atoms. The normalized spacial score (nSPS) is 15.6. The molecule has 0 amide bonds. The Labute approximate surface area is 304 Å². The van der Waals surface area contributed by atoms with Crippen molar-refractivity contribution >= 4 is 28.4 Å². The van der Waals surface area contributed by atoms with Crippen LogP contribution in [-0.2, 0) is 0 Å². The van der Waals surface area contributed by atoms with Crippen LogP contribution in [0.25, 0.3) is 33.9 Å². The van der Waals surface area contributed by atoms with Gasteiger partial charge in [0.15, 0.2) is 5.82 Å². The summed E-state index contributed by atoms with van der Waals surface area (Å²) in [4.78, 5) is 15.3. The summed E-state index contributed by atoms with van der Waals surface area (Å²) in [6.45, 7) is 0. The highest BCUT2D eigenvalue weighted by Gasteiger charge is 2.46. The predicted octanol–water partition coefficient (Wildman–Crippen LogP) is 12.3. The number of aromatic nitrogens is 2. The smallest absolute Gasteiger partial charge is 0.160 e. The van der Waals surface area contributed by atoms with E-state index in [2.05, 4.69) is 180 Å². The molecular weight excluding hydrogens is 633 g/mol. The average molecular weight is 667 g/mol.